The topological polar surface area (TPSA) is 81.8 Å². The van der Waals surface area contributed by atoms with E-state index in [0.717, 1.165) is 11.5 Å². The average molecular weight is 486 g/mol. The van der Waals surface area contributed by atoms with Gasteiger partial charge in [-0.2, -0.15) is 0 Å². The van der Waals surface area contributed by atoms with Crippen molar-refractivity contribution in [2.45, 2.75) is 0 Å². The van der Waals surface area contributed by atoms with E-state index in [9.17, 15) is 9.59 Å². The molecule has 0 bridgehead atoms. The summed E-state index contributed by atoms with van der Waals surface area (Å²) in [6.45, 7) is 5.04. The summed E-state index contributed by atoms with van der Waals surface area (Å²) in [5, 5.41) is 0.418. The third-order valence-electron chi connectivity index (χ3n) is 6.69. The van der Waals surface area contributed by atoms with E-state index in [2.05, 4.69) is 9.80 Å². The Morgan fingerprint density at radius 2 is 1.19 bits per heavy atom. The van der Waals surface area contributed by atoms with Crippen LogP contribution in [0.2, 0.25) is 0 Å². The minimum absolute atomic E-state index is 0.355. The van der Waals surface area contributed by atoms with Crippen LogP contribution in [0, 0.1) is 0 Å². The Bertz CT molecular complexity index is 1490. The van der Waals surface area contributed by atoms with Gasteiger partial charge in [-0.15, -0.1) is 0 Å². The van der Waals surface area contributed by atoms with E-state index >= 15 is 0 Å². The first-order valence-corrected chi connectivity index (χ1v) is 12.2. The zero-order valence-corrected chi connectivity index (χ0v) is 19.9. The van der Waals surface area contributed by atoms with Crippen molar-refractivity contribution in [2.75, 3.05) is 62.4 Å². The molecular formula is C27H27N5O4. The Balaban J connectivity index is 1.72. The van der Waals surface area contributed by atoms with Gasteiger partial charge in [-0.05, 0) is 24.3 Å². The predicted molar refractivity (Wildman–Crippen MR) is 139 cm³/mol. The van der Waals surface area contributed by atoms with Crippen LogP contribution < -0.4 is 21.0 Å². The lowest BCUT2D eigenvalue weighted by molar-refractivity contribution is 0.122. The van der Waals surface area contributed by atoms with Crippen molar-refractivity contribution < 1.29 is 9.47 Å². The summed E-state index contributed by atoms with van der Waals surface area (Å²) in [5.41, 5.74) is 1.46. The summed E-state index contributed by atoms with van der Waals surface area (Å²) in [6.07, 6.45) is 0. The lowest BCUT2D eigenvalue weighted by Gasteiger charge is -2.33. The van der Waals surface area contributed by atoms with Crippen molar-refractivity contribution in [3.8, 4) is 11.4 Å². The predicted octanol–water partition coefficient (Wildman–Crippen LogP) is 2.21. The number of ether oxygens (including phenoxy) is 2. The molecule has 2 aromatic carbocycles. The van der Waals surface area contributed by atoms with Gasteiger partial charge in [-0.1, -0.05) is 36.4 Å². The van der Waals surface area contributed by atoms with Gasteiger partial charge in [0.2, 0.25) is 0 Å². The average Bonchev–Trinajstić information content (AvgIpc) is 2.94. The fraction of sp³-hybridized carbons (Fsp3) is 0.296. The van der Waals surface area contributed by atoms with E-state index in [1.54, 1.807) is 16.7 Å². The first kappa shape index (κ1) is 22.5. The summed E-state index contributed by atoms with van der Waals surface area (Å²) in [7, 11) is 0. The molecule has 0 atom stereocenters. The maximum atomic E-state index is 14.1. The van der Waals surface area contributed by atoms with Crippen molar-refractivity contribution in [1.29, 1.82) is 0 Å². The second kappa shape index (κ2) is 9.60. The quantitative estimate of drug-likeness (QED) is 0.438. The van der Waals surface area contributed by atoms with Gasteiger partial charge >= 0.3 is 5.69 Å². The van der Waals surface area contributed by atoms with Crippen LogP contribution in [0.3, 0.4) is 0 Å². The molecule has 0 saturated carbocycles. The number of rotatable bonds is 4. The number of aromatic nitrogens is 3. The van der Waals surface area contributed by atoms with Crippen LogP contribution in [0.5, 0.6) is 0 Å². The molecule has 0 amide bonds. The van der Waals surface area contributed by atoms with E-state index in [1.165, 1.54) is 4.57 Å². The zero-order valence-electron chi connectivity index (χ0n) is 19.9. The standard InChI is InChI=1S/C27H27N5O4/c33-26-24-22(29-11-15-35-16-12-29)19-23(30-13-17-36-18-14-30)28-25(24)31(20-7-3-1-4-8-20)27(34)32(26)21-9-5-2-6-10-21/h1-10,19H,11-18H2. The van der Waals surface area contributed by atoms with Gasteiger partial charge in [0.05, 0.1) is 43.5 Å². The largest absolute Gasteiger partial charge is 0.378 e. The van der Waals surface area contributed by atoms with Gasteiger partial charge in [0.1, 0.15) is 11.2 Å². The summed E-state index contributed by atoms with van der Waals surface area (Å²) in [5.74, 6) is 0.730. The Hall–Kier alpha value is -3.95. The Morgan fingerprint density at radius 1 is 0.667 bits per heavy atom. The molecule has 4 aromatic rings. The van der Waals surface area contributed by atoms with Crippen molar-refractivity contribution in [2.24, 2.45) is 0 Å². The van der Waals surface area contributed by atoms with Gasteiger partial charge in [0, 0.05) is 32.2 Å². The van der Waals surface area contributed by atoms with Crippen molar-refractivity contribution in [3.63, 3.8) is 0 Å². The Labute approximate surface area is 207 Å². The monoisotopic (exact) mass is 485 g/mol. The second-order valence-corrected chi connectivity index (χ2v) is 8.83. The molecule has 4 heterocycles. The highest BCUT2D eigenvalue weighted by atomic mass is 16.5. The van der Waals surface area contributed by atoms with Crippen LogP contribution in [0.15, 0.2) is 76.3 Å². The Kier molecular flexibility index (Phi) is 6.00. The molecular weight excluding hydrogens is 458 g/mol. The first-order valence-electron chi connectivity index (χ1n) is 12.2. The third-order valence-corrected chi connectivity index (χ3v) is 6.69. The van der Waals surface area contributed by atoms with Crippen molar-refractivity contribution in [1.82, 2.24) is 14.1 Å². The Morgan fingerprint density at radius 3 is 1.78 bits per heavy atom. The number of pyridine rings is 1. The van der Waals surface area contributed by atoms with Gasteiger partial charge < -0.3 is 19.3 Å². The molecule has 0 aliphatic carbocycles. The normalized spacial score (nSPS) is 16.4. The van der Waals surface area contributed by atoms with Crippen molar-refractivity contribution in [3.05, 3.63) is 87.6 Å². The number of hydrogen-bond donors (Lipinski definition) is 0. The summed E-state index contributed by atoms with van der Waals surface area (Å²) >= 11 is 0. The number of hydrogen-bond acceptors (Lipinski definition) is 7. The lowest BCUT2D eigenvalue weighted by atomic mass is 10.2. The van der Waals surface area contributed by atoms with Crippen LogP contribution >= 0.6 is 0 Å². The van der Waals surface area contributed by atoms with Crippen LogP contribution in [-0.4, -0.2) is 66.7 Å². The highest BCUT2D eigenvalue weighted by Crippen LogP contribution is 2.30. The molecule has 9 nitrogen and oxygen atoms in total. The minimum atomic E-state index is -0.454. The molecule has 2 saturated heterocycles. The zero-order chi connectivity index (χ0) is 24.5. The SMILES string of the molecule is O=c1c2c(N3CCOCC3)cc(N3CCOCC3)nc2n(-c2ccccc2)c(=O)n1-c1ccccc1. The molecule has 6 rings (SSSR count). The number of morpholine rings is 2. The van der Waals surface area contributed by atoms with Gasteiger partial charge in [-0.3, -0.25) is 4.79 Å². The highest BCUT2D eigenvalue weighted by molar-refractivity contribution is 5.92. The summed E-state index contributed by atoms with van der Waals surface area (Å²) < 4.78 is 13.9. The van der Waals surface area contributed by atoms with E-state index < -0.39 is 5.69 Å². The maximum absolute atomic E-state index is 14.1. The minimum Gasteiger partial charge on any atom is -0.378 e. The molecule has 9 heteroatoms. The fourth-order valence-corrected chi connectivity index (χ4v) is 4.88. The van der Waals surface area contributed by atoms with E-state index in [-0.39, 0.29) is 5.56 Å². The molecule has 0 spiro atoms. The summed E-state index contributed by atoms with van der Waals surface area (Å²) in [4.78, 5) is 37.4. The van der Waals surface area contributed by atoms with Gasteiger partial charge in [-0.25, -0.2) is 18.9 Å². The molecule has 0 unspecified atom stereocenters. The number of fused-ring (bicyclic) bond motifs is 1. The van der Waals surface area contributed by atoms with E-state index in [0.29, 0.717) is 75.0 Å². The van der Waals surface area contributed by atoms with Crippen LogP contribution in [-0.2, 0) is 9.47 Å². The van der Waals surface area contributed by atoms with Crippen LogP contribution in [0.25, 0.3) is 22.4 Å². The molecule has 0 radical (unpaired) electrons. The van der Waals surface area contributed by atoms with Gasteiger partial charge in [0.15, 0.2) is 5.65 Å². The molecule has 0 N–H and O–H groups in total. The number of benzene rings is 2. The molecule has 2 fully saturated rings. The number of anilines is 2. The maximum Gasteiger partial charge on any atom is 0.341 e. The molecule has 2 aromatic heterocycles. The van der Waals surface area contributed by atoms with E-state index in [4.69, 9.17) is 14.5 Å². The lowest BCUT2D eigenvalue weighted by Crippen LogP contribution is -2.42. The molecule has 2 aliphatic heterocycles. The highest BCUT2D eigenvalue weighted by Gasteiger charge is 2.26. The molecule has 184 valence electrons. The van der Waals surface area contributed by atoms with Crippen molar-refractivity contribution >= 4 is 22.5 Å². The fourth-order valence-electron chi connectivity index (χ4n) is 4.88. The molecule has 2 aliphatic rings. The second-order valence-electron chi connectivity index (χ2n) is 8.83. The first-order chi connectivity index (χ1) is 17.7. The van der Waals surface area contributed by atoms with E-state index in [1.807, 2.05) is 54.6 Å². The third kappa shape index (κ3) is 3.96. The smallest absolute Gasteiger partial charge is 0.341 e. The van der Waals surface area contributed by atoms with Crippen LogP contribution in [0.4, 0.5) is 11.5 Å². The summed E-state index contributed by atoms with van der Waals surface area (Å²) in [6, 6.07) is 20.4. The van der Waals surface area contributed by atoms with Gasteiger partial charge in [0.25, 0.3) is 5.56 Å². The van der Waals surface area contributed by atoms with Crippen LogP contribution in [0.1, 0.15) is 0 Å². The number of nitrogens with zero attached hydrogens (tertiary/aromatic N) is 5. The number of para-hydroxylation sites is 2. The molecule has 36 heavy (non-hydrogen) atoms.